The number of benzene rings is 1. The monoisotopic (exact) mass is 428 g/mol. The Balaban J connectivity index is 1.55. The van der Waals surface area contributed by atoms with E-state index in [0.29, 0.717) is 5.69 Å². The fourth-order valence-corrected chi connectivity index (χ4v) is 4.35. The molecule has 0 unspecified atom stereocenters. The second kappa shape index (κ2) is 7.66. The minimum absolute atomic E-state index is 0.156. The Bertz CT molecular complexity index is 1470. The summed E-state index contributed by atoms with van der Waals surface area (Å²) >= 11 is 0. The number of rotatable bonds is 5. The van der Waals surface area contributed by atoms with E-state index in [2.05, 4.69) is 19.7 Å². The summed E-state index contributed by atoms with van der Waals surface area (Å²) in [5.41, 5.74) is 4.94. The summed E-state index contributed by atoms with van der Waals surface area (Å²) in [6.07, 6.45) is 9.74. The van der Waals surface area contributed by atoms with E-state index in [9.17, 15) is 8.42 Å². The first-order valence-corrected chi connectivity index (χ1v) is 10.9. The molecule has 0 aliphatic heterocycles. The SMILES string of the molecule is O=S(=O)(Nc1cncc(-c2ccc3nccc(-c4ccncc4)c3c2)c1)c1ccco1. The highest BCUT2D eigenvalue weighted by atomic mass is 32.2. The van der Waals surface area contributed by atoms with Crippen molar-refractivity contribution in [3.63, 3.8) is 0 Å². The Morgan fingerprint density at radius 1 is 0.806 bits per heavy atom. The number of nitrogens with zero attached hydrogens (tertiary/aromatic N) is 3. The standard InChI is InChI=1S/C23H16N4O3S/c28-31(29,23-2-1-11-30-23)27-19-12-18(14-25-15-19)17-3-4-22-21(13-17)20(7-10-26-22)16-5-8-24-9-6-16/h1-15,27H. The topological polar surface area (TPSA) is 98.0 Å². The van der Waals surface area contributed by atoms with E-state index in [1.807, 2.05) is 36.4 Å². The quantitative estimate of drug-likeness (QED) is 0.434. The van der Waals surface area contributed by atoms with E-state index in [1.165, 1.54) is 24.6 Å². The largest absolute Gasteiger partial charge is 0.451 e. The van der Waals surface area contributed by atoms with Crippen molar-refractivity contribution in [1.29, 1.82) is 0 Å². The normalized spacial score (nSPS) is 11.5. The maximum Gasteiger partial charge on any atom is 0.295 e. The van der Waals surface area contributed by atoms with Crippen molar-refractivity contribution < 1.29 is 12.8 Å². The molecule has 152 valence electrons. The van der Waals surface area contributed by atoms with E-state index in [1.54, 1.807) is 30.9 Å². The van der Waals surface area contributed by atoms with Gasteiger partial charge in [-0.1, -0.05) is 6.07 Å². The molecule has 0 saturated carbocycles. The van der Waals surface area contributed by atoms with Crippen LogP contribution >= 0.6 is 0 Å². The molecule has 0 radical (unpaired) electrons. The Labute approximate surface area is 178 Å². The maximum atomic E-state index is 12.4. The summed E-state index contributed by atoms with van der Waals surface area (Å²) < 4.78 is 32.4. The molecule has 0 atom stereocenters. The summed E-state index contributed by atoms with van der Waals surface area (Å²) in [7, 11) is -3.82. The molecule has 0 bridgehead atoms. The zero-order valence-corrected chi connectivity index (χ0v) is 17.0. The zero-order chi connectivity index (χ0) is 21.3. The van der Waals surface area contributed by atoms with Crippen LogP contribution in [0, 0.1) is 0 Å². The number of furan rings is 1. The summed E-state index contributed by atoms with van der Waals surface area (Å²) in [6.45, 7) is 0. The van der Waals surface area contributed by atoms with Crippen molar-refractivity contribution in [2.24, 2.45) is 0 Å². The van der Waals surface area contributed by atoms with Gasteiger partial charge in [0.25, 0.3) is 10.0 Å². The average molecular weight is 428 g/mol. The Morgan fingerprint density at radius 3 is 2.48 bits per heavy atom. The highest BCUT2D eigenvalue weighted by Gasteiger charge is 2.17. The van der Waals surface area contributed by atoms with Crippen molar-refractivity contribution in [3.8, 4) is 22.3 Å². The van der Waals surface area contributed by atoms with E-state index in [0.717, 1.165) is 33.2 Å². The number of fused-ring (bicyclic) bond motifs is 1. The van der Waals surface area contributed by atoms with Gasteiger partial charge in [-0.05, 0) is 65.2 Å². The lowest BCUT2D eigenvalue weighted by atomic mass is 9.98. The third-order valence-electron chi connectivity index (χ3n) is 4.82. The average Bonchev–Trinajstić information content (AvgIpc) is 3.35. The van der Waals surface area contributed by atoms with Gasteiger partial charge >= 0.3 is 0 Å². The molecule has 8 heteroatoms. The first-order valence-electron chi connectivity index (χ1n) is 9.41. The number of hydrogen-bond donors (Lipinski definition) is 1. The Kier molecular flexibility index (Phi) is 4.68. The minimum atomic E-state index is -3.82. The number of aromatic nitrogens is 3. The van der Waals surface area contributed by atoms with Crippen molar-refractivity contribution in [2.75, 3.05) is 4.72 Å². The predicted octanol–water partition coefficient (Wildman–Crippen LogP) is 4.75. The third kappa shape index (κ3) is 3.76. The first kappa shape index (κ1) is 19.0. The van der Waals surface area contributed by atoms with Crippen molar-refractivity contribution in [3.05, 3.63) is 91.8 Å². The maximum absolute atomic E-state index is 12.4. The van der Waals surface area contributed by atoms with E-state index in [-0.39, 0.29) is 5.09 Å². The molecule has 0 spiro atoms. The second-order valence-corrected chi connectivity index (χ2v) is 8.44. The molecule has 0 aliphatic carbocycles. The molecule has 1 aromatic carbocycles. The molecule has 0 saturated heterocycles. The third-order valence-corrected chi connectivity index (χ3v) is 6.08. The van der Waals surface area contributed by atoms with Gasteiger partial charge in [-0.3, -0.25) is 19.7 Å². The van der Waals surface area contributed by atoms with Gasteiger partial charge < -0.3 is 4.42 Å². The van der Waals surface area contributed by atoms with Crippen LogP contribution in [0.4, 0.5) is 5.69 Å². The van der Waals surface area contributed by atoms with Gasteiger partial charge in [0.2, 0.25) is 5.09 Å². The number of nitrogens with one attached hydrogen (secondary N) is 1. The zero-order valence-electron chi connectivity index (χ0n) is 16.1. The van der Waals surface area contributed by atoms with Gasteiger partial charge in [-0.15, -0.1) is 0 Å². The molecule has 5 rings (SSSR count). The first-order chi connectivity index (χ1) is 15.1. The van der Waals surface area contributed by atoms with E-state index >= 15 is 0 Å². The fraction of sp³-hybridized carbons (Fsp3) is 0. The minimum Gasteiger partial charge on any atom is -0.451 e. The van der Waals surface area contributed by atoms with Gasteiger partial charge in [0.15, 0.2) is 0 Å². The van der Waals surface area contributed by atoms with Gasteiger partial charge in [-0.2, -0.15) is 8.42 Å². The molecular weight excluding hydrogens is 412 g/mol. The lowest BCUT2D eigenvalue weighted by molar-refractivity contribution is 0.452. The fourth-order valence-electron chi connectivity index (χ4n) is 3.38. The second-order valence-electron chi connectivity index (χ2n) is 6.83. The van der Waals surface area contributed by atoms with Gasteiger partial charge in [0.05, 0.1) is 23.7 Å². The predicted molar refractivity (Wildman–Crippen MR) is 118 cm³/mol. The van der Waals surface area contributed by atoms with Crippen LogP contribution in [0.25, 0.3) is 33.2 Å². The van der Waals surface area contributed by atoms with Crippen LogP contribution in [0.5, 0.6) is 0 Å². The van der Waals surface area contributed by atoms with E-state index in [4.69, 9.17) is 4.42 Å². The summed E-state index contributed by atoms with van der Waals surface area (Å²) in [5, 5.41) is 0.824. The van der Waals surface area contributed by atoms with Crippen LogP contribution in [0.1, 0.15) is 0 Å². The van der Waals surface area contributed by atoms with Gasteiger partial charge in [0.1, 0.15) is 0 Å². The van der Waals surface area contributed by atoms with Crippen LogP contribution in [-0.2, 0) is 10.0 Å². The van der Waals surface area contributed by atoms with E-state index < -0.39 is 10.0 Å². The molecule has 1 N–H and O–H groups in total. The van der Waals surface area contributed by atoms with Crippen molar-refractivity contribution >= 4 is 26.6 Å². The molecular formula is C23H16N4O3S. The van der Waals surface area contributed by atoms with Crippen LogP contribution < -0.4 is 4.72 Å². The van der Waals surface area contributed by atoms with Crippen LogP contribution in [0.3, 0.4) is 0 Å². The molecule has 7 nitrogen and oxygen atoms in total. The number of sulfonamides is 1. The molecule has 31 heavy (non-hydrogen) atoms. The Hall–Kier alpha value is -4.04. The lowest BCUT2D eigenvalue weighted by Gasteiger charge is -2.10. The molecule has 4 heterocycles. The molecule has 0 fully saturated rings. The Morgan fingerprint density at radius 2 is 1.68 bits per heavy atom. The highest BCUT2D eigenvalue weighted by Crippen LogP contribution is 2.31. The molecule has 5 aromatic rings. The highest BCUT2D eigenvalue weighted by molar-refractivity contribution is 7.92. The number of hydrogen-bond acceptors (Lipinski definition) is 6. The summed E-state index contributed by atoms with van der Waals surface area (Å²) in [6, 6.07) is 16.4. The van der Waals surface area contributed by atoms with Crippen molar-refractivity contribution in [2.45, 2.75) is 5.09 Å². The van der Waals surface area contributed by atoms with Gasteiger partial charge in [0, 0.05) is 35.7 Å². The summed E-state index contributed by atoms with van der Waals surface area (Å²) in [5.74, 6) is 0. The smallest absolute Gasteiger partial charge is 0.295 e. The van der Waals surface area contributed by atoms with Crippen LogP contribution in [0.15, 0.2) is 101 Å². The van der Waals surface area contributed by atoms with Crippen LogP contribution in [-0.4, -0.2) is 23.4 Å². The van der Waals surface area contributed by atoms with Gasteiger partial charge in [-0.25, -0.2) is 0 Å². The number of pyridine rings is 3. The van der Waals surface area contributed by atoms with Crippen molar-refractivity contribution in [1.82, 2.24) is 15.0 Å². The molecule has 0 amide bonds. The molecule has 4 aromatic heterocycles. The number of anilines is 1. The van der Waals surface area contributed by atoms with Crippen LogP contribution in [0.2, 0.25) is 0 Å². The molecule has 0 aliphatic rings. The summed E-state index contributed by atoms with van der Waals surface area (Å²) in [4.78, 5) is 12.8. The lowest BCUT2D eigenvalue weighted by Crippen LogP contribution is -2.12.